The maximum atomic E-state index is 11.8. The van der Waals surface area contributed by atoms with Gasteiger partial charge in [-0.3, -0.25) is 9.59 Å². The lowest BCUT2D eigenvalue weighted by atomic mass is 9.43. The van der Waals surface area contributed by atoms with Gasteiger partial charge in [0.05, 0.1) is 6.42 Å². The quantitative estimate of drug-likeness (QED) is 0.259. The third-order valence-electron chi connectivity index (χ3n) is 12.2. The van der Waals surface area contributed by atoms with Crippen molar-refractivity contribution in [3.8, 4) is 0 Å². The molecule has 4 fully saturated rings. The van der Waals surface area contributed by atoms with Gasteiger partial charge in [0.15, 0.2) is 0 Å². The van der Waals surface area contributed by atoms with E-state index < -0.39 is 5.97 Å². The highest BCUT2D eigenvalue weighted by molar-refractivity contribution is 5.70. The van der Waals surface area contributed by atoms with E-state index in [1.807, 2.05) is 0 Å². The Bertz CT molecular complexity index is 946. The van der Waals surface area contributed by atoms with Crippen LogP contribution in [0.5, 0.6) is 0 Å². The molecule has 9 atom stereocenters. The molecule has 1 N–H and O–H groups in total. The topological polar surface area (TPSA) is 63.6 Å². The van der Waals surface area contributed by atoms with Gasteiger partial charge in [0.2, 0.25) is 0 Å². The van der Waals surface area contributed by atoms with E-state index in [4.69, 9.17) is 4.74 Å². The van der Waals surface area contributed by atoms with Crippen molar-refractivity contribution >= 4 is 11.9 Å². The molecule has 0 radical (unpaired) electrons. The van der Waals surface area contributed by atoms with Gasteiger partial charge in [-0.2, -0.15) is 0 Å². The van der Waals surface area contributed by atoms with Gasteiger partial charge in [-0.1, -0.05) is 45.4 Å². The molecule has 0 heterocycles. The minimum Gasteiger partial charge on any atom is -0.481 e. The van der Waals surface area contributed by atoms with Crippen molar-refractivity contribution < 1.29 is 19.4 Å². The lowest BCUT2D eigenvalue weighted by Gasteiger charge is -2.61. The Balaban J connectivity index is 1.57. The van der Waals surface area contributed by atoms with Gasteiger partial charge in [0.25, 0.3) is 0 Å². The van der Waals surface area contributed by atoms with E-state index >= 15 is 0 Å². The SMILES string of the molecule is C=C(CC(=O)O)[C@@H]1CC[C@@H]2[C@]3(CC[C@]4(C)[C@@H]([C@H](C)CC(C=C(C)C)OC(C)=O)CC[C@@]24C)C[C@]13CC. The van der Waals surface area contributed by atoms with Gasteiger partial charge in [-0.25, -0.2) is 0 Å². The van der Waals surface area contributed by atoms with E-state index in [0.717, 1.165) is 30.8 Å². The van der Waals surface area contributed by atoms with Gasteiger partial charge >= 0.3 is 11.9 Å². The van der Waals surface area contributed by atoms with Crippen molar-refractivity contribution in [1.29, 1.82) is 0 Å². The summed E-state index contributed by atoms with van der Waals surface area (Å²) in [5.41, 5.74) is 3.41. The number of allylic oxidation sites excluding steroid dienone is 1. The van der Waals surface area contributed by atoms with Crippen molar-refractivity contribution in [2.24, 2.45) is 45.3 Å². The summed E-state index contributed by atoms with van der Waals surface area (Å²) in [6, 6.07) is 0. The first-order chi connectivity index (χ1) is 16.8. The number of carboxylic acid groups (broad SMARTS) is 1. The summed E-state index contributed by atoms with van der Waals surface area (Å²) in [4.78, 5) is 23.3. The summed E-state index contributed by atoms with van der Waals surface area (Å²) in [5.74, 6) is 1.28. The monoisotopic (exact) mass is 498 g/mol. The minimum absolute atomic E-state index is 0.122. The van der Waals surface area contributed by atoms with Crippen LogP contribution in [0.3, 0.4) is 0 Å². The number of hydrogen-bond donors (Lipinski definition) is 1. The molecule has 0 saturated heterocycles. The molecule has 0 bridgehead atoms. The summed E-state index contributed by atoms with van der Waals surface area (Å²) in [6.45, 7) is 19.9. The molecule has 4 nitrogen and oxygen atoms in total. The van der Waals surface area contributed by atoms with Crippen molar-refractivity contribution in [2.75, 3.05) is 0 Å². The second kappa shape index (κ2) is 9.31. The lowest BCUT2D eigenvalue weighted by molar-refractivity contribution is -0.146. The Morgan fingerprint density at radius 3 is 2.36 bits per heavy atom. The number of rotatable bonds is 9. The molecule has 0 aliphatic heterocycles. The molecule has 36 heavy (non-hydrogen) atoms. The van der Waals surface area contributed by atoms with Crippen molar-refractivity contribution in [1.82, 2.24) is 0 Å². The van der Waals surface area contributed by atoms with Crippen molar-refractivity contribution in [2.45, 2.75) is 119 Å². The molecular weight excluding hydrogens is 448 g/mol. The van der Waals surface area contributed by atoms with Gasteiger partial charge in [0, 0.05) is 6.92 Å². The van der Waals surface area contributed by atoms with Crippen LogP contribution in [-0.4, -0.2) is 23.1 Å². The fourth-order valence-electron chi connectivity index (χ4n) is 10.6. The zero-order chi connectivity index (χ0) is 26.7. The normalized spacial score (nSPS) is 42.2. The number of esters is 1. The molecular formula is C32H50O4. The van der Waals surface area contributed by atoms with Crippen LogP contribution in [0.4, 0.5) is 0 Å². The largest absolute Gasteiger partial charge is 0.481 e. The fraction of sp³-hybridized carbons (Fsp3) is 0.812. The highest BCUT2D eigenvalue weighted by Crippen LogP contribution is 2.87. The van der Waals surface area contributed by atoms with E-state index in [9.17, 15) is 14.7 Å². The molecule has 4 aliphatic carbocycles. The van der Waals surface area contributed by atoms with E-state index in [1.165, 1.54) is 51.0 Å². The maximum Gasteiger partial charge on any atom is 0.307 e. The van der Waals surface area contributed by atoms with Gasteiger partial charge in [0.1, 0.15) is 6.10 Å². The fourth-order valence-corrected chi connectivity index (χ4v) is 10.6. The van der Waals surface area contributed by atoms with Crippen LogP contribution in [0.25, 0.3) is 0 Å². The second-order valence-corrected chi connectivity index (χ2v) is 13.8. The first-order valence-electron chi connectivity index (χ1n) is 14.5. The third kappa shape index (κ3) is 4.00. The third-order valence-corrected chi connectivity index (χ3v) is 12.2. The molecule has 202 valence electrons. The van der Waals surface area contributed by atoms with E-state index in [1.54, 1.807) is 0 Å². The molecule has 1 spiro atoms. The zero-order valence-corrected chi connectivity index (χ0v) is 23.9. The first-order valence-corrected chi connectivity index (χ1v) is 14.5. The average Bonchev–Trinajstić information content (AvgIpc) is 3.36. The number of hydrogen-bond acceptors (Lipinski definition) is 3. The van der Waals surface area contributed by atoms with E-state index in [0.29, 0.717) is 34.0 Å². The summed E-state index contributed by atoms with van der Waals surface area (Å²) < 4.78 is 5.72. The van der Waals surface area contributed by atoms with Crippen LogP contribution >= 0.6 is 0 Å². The highest BCUT2D eigenvalue weighted by atomic mass is 16.5. The number of ether oxygens (including phenoxy) is 1. The van der Waals surface area contributed by atoms with Crippen LogP contribution < -0.4 is 0 Å². The number of carboxylic acids is 1. The Labute approximate surface area is 219 Å². The minimum atomic E-state index is -0.737. The second-order valence-electron chi connectivity index (χ2n) is 13.8. The van der Waals surface area contributed by atoms with Gasteiger partial charge in [-0.05, 0) is 123 Å². The molecule has 0 aromatic rings. The van der Waals surface area contributed by atoms with Crippen molar-refractivity contribution in [3.63, 3.8) is 0 Å². The number of carbonyl (C=O) groups excluding carboxylic acids is 1. The Hall–Kier alpha value is -1.58. The summed E-state index contributed by atoms with van der Waals surface area (Å²) in [6.07, 6.45) is 12.8. The van der Waals surface area contributed by atoms with Gasteiger partial charge < -0.3 is 9.84 Å². The summed E-state index contributed by atoms with van der Waals surface area (Å²) in [5, 5.41) is 9.45. The highest BCUT2D eigenvalue weighted by Gasteiger charge is 2.79. The van der Waals surface area contributed by atoms with E-state index in [2.05, 4.69) is 54.2 Å². The van der Waals surface area contributed by atoms with Crippen LogP contribution in [0, 0.1) is 45.3 Å². The standard InChI is InChI=1S/C32H50O4/c1-9-31-19-32(31)15-14-29(7)25(21(4)17-24(16-20(2)3)36-23(6)33)12-13-30(29,8)27(32)11-10-26(31)22(5)18-28(34)35/h16,21,24-27H,5,9-15,17-19H2,1-4,6-8H3,(H,34,35)/t21-,24?,25-,26+,27+,29-,30+,31-,32+/m1/s1. The predicted molar refractivity (Wildman–Crippen MR) is 144 cm³/mol. The molecule has 4 aliphatic rings. The lowest BCUT2D eigenvalue weighted by Crippen LogP contribution is -2.54. The molecule has 4 rings (SSSR count). The van der Waals surface area contributed by atoms with Crippen LogP contribution in [0.15, 0.2) is 23.8 Å². The zero-order valence-electron chi connectivity index (χ0n) is 23.9. The van der Waals surface area contributed by atoms with Crippen LogP contribution in [0.2, 0.25) is 0 Å². The van der Waals surface area contributed by atoms with Crippen LogP contribution in [0.1, 0.15) is 113 Å². The molecule has 4 heteroatoms. The van der Waals surface area contributed by atoms with Crippen LogP contribution in [-0.2, 0) is 14.3 Å². The molecule has 4 saturated carbocycles. The Morgan fingerprint density at radius 1 is 1.08 bits per heavy atom. The molecule has 0 aromatic heterocycles. The Morgan fingerprint density at radius 2 is 1.78 bits per heavy atom. The Kier molecular flexibility index (Phi) is 7.10. The molecule has 1 unspecified atom stereocenters. The smallest absolute Gasteiger partial charge is 0.307 e. The predicted octanol–water partition coefficient (Wildman–Crippen LogP) is 7.97. The van der Waals surface area contributed by atoms with Crippen molar-refractivity contribution in [3.05, 3.63) is 23.8 Å². The first kappa shape index (κ1) is 27.5. The number of fused-ring (bicyclic) bond motifs is 2. The maximum absolute atomic E-state index is 11.8. The molecule has 0 amide bonds. The average molecular weight is 499 g/mol. The molecule has 0 aromatic carbocycles. The van der Waals surface area contributed by atoms with Gasteiger partial charge in [-0.15, -0.1) is 0 Å². The number of carbonyl (C=O) groups is 2. The summed E-state index contributed by atoms with van der Waals surface area (Å²) in [7, 11) is 0. The van der Waals surface area contributed by atoms with E-state index in [-0.39, 0.29) is 23.9 Å². The summed E-state index contributed by atoms with van der Waals surface area (Å²) >= 11 is 0. The number of aliphatic carboxylic acids is 1.